The van der Waals surface area contributed by atoms with Crippen molar-refractivity contribution < 1.29 is 0 Å². The lowest BCUT2D eigenvalue weighted by atomic mass is 10.2. The van der Waals surface area contributed by atoms with Crippen molar-refractivity contribution in [3.8, 4) is 11.8 Å². The average Bonchev–Trinajstić information content (AvgIpc) is 3.60. The lowest BCUT2D eigenvalue weighted by Crippen LogP contribution is -2.22. The molecule has 0 bridgehead atoms. The summed E-state index contributed by atoms with van der Waals surface area (Å²) < 4.78 is 3.16. The van der Waals surface area contributed by atoms with Crippen LogP contribution in [0.4, 0.5) is 11.8 Å². The van der Waals surface area contributed by atoms with Crippen molar-refractivity contribution >= 4 is 22.8 Å². The van der Waals surface area contributed by atoms with Crippen molar-refractivity contribution in [3.63, 3.8) is 0 Å². The summed E-state index contributed by atoms with van der Waals surface area (Å²) in [6.45, 7) is 0. The van der Waals surface area contributed by atoms with Gasteiger partial charge in [-0.05, 0) is 62.4 Å². The molecule has 2 aliphatic carbocycles. The predicted octanol–water partition coefficient (Wildman–Crippen LogP) is 3.10. The zero-order valence-corrected chi connectivity index (χ0v) is 19.3. The number of aryl methyl sites for hydroxylation is 1. The van der Waals surface area contributed by atoms with Crippen LogP contribution in [0, 0.1) is 11.3 Å². The minimum atomic E-state index is -0.177. The van der Waals surface area contributed by atoms with Crippen molar-refractivity contribution in [1.29, 1.82) is 5.26 Å². The first-order valence-corrected chi connectivity index (χ1v) is 11.9. The standard InChI is InChI=1S/C25H25N9O/c1-33-22-10-15(12-26)2-8-21(22)34(25(33)35)19-7-9-23(27-13-19)29-17-5-6-18(11-17)30-24-28-14-20(31-32-24)16-3-4-16/h2,7-10,13-14,16-18H,3-6,11H2,1H3,(H,27,29)(H,28,30,32)/t17-,18-/m0/s1. The van der Waals surface area contributed by atoms with Crippen LogP contribution in [0.25, 0.3) is 16.7 Å². The van der Waals surface area contributed by atoms with E-state index in [0.717, 1.165) is 36.3 Å². The van der Waals surface area contributed by atoms with Gasteiger partial charge in [0, 0.05) is 25.0 Å². The van der Waals surface area contributed by atoms with E-state index in [1.807, 2.05) is 18.3 Å². The third-order valence-electron chi connectivity index (χ3n) is 6.88. The molecule has 0 unspecified atom stereocenters. The molecule has 3 heterocycles. The van der Waals surface area contributed by atoms with Crippen LogP contribution in [0.15, 0.2) is 47.5 Å². The zero-order valence-electron chi connectivity index (χ0n) is 19.3. The fourth-order valence-electron chi connectivity index (χ4n) is 4.81. The molecule has 0 aliphatic heterocycles. The molecule has 176 valence electrons. The topological polar surface area (TPSA) is 126 Å². The monoisotopic (exact) mass is 467 g/mol. The maximum atomic E-state index is 12.9. The summed E-state index contributed by atoms with van der Waals surface area (Å²) >= 11 is 0. The van der Waals surface area contributed by atoms with Gasteiger partial charge < -0.3 is 10.6 Å². The molecule has 2 atom stereocenters. The van der Waals surface area contributed by atoms with Gasteiger partial charge >= 0.3 is 5.69 Å². The van der Waals surface area contributed by atoms with Crippen LogP contribution < -0.4 is 16.3 Å². The predicted molar refractivity (Wildman–Crippen MR) is 132 cm³/mol. The molecule has 0 amide bonds. The molecule has 0 radical (unpaired) electrons. The first-order chi connectivity index (χ1) is 17.1. The Hall–Kier alpha value is -4.26. The SMILES string of the molecule is Cn1c(=O)n(-c2ccc(N[C@H]3CC[C@H](Nc4ncc(C5CC5)nn4)C3)nc2)c2ccc(C#N)cc21. The molecule has 4 aromatic rings. The second-order valence-electron chi connectivity index (χ2n) is 9.37. The average molecular weight is 468 g/mol. The van der Waals surface area contributed by atoms with Crippen LogP contribution in [-0.4, -0.2) is 41.4 Å². The smallest absolute Gasteiger partial charge is 0.333 e. The van der Waals surface area contributed by atoms with E-state index < -0.39 is 0 Å². The van der Waals surface area contributed by atoms with Crippen LogP contribution in [0.5, 0.6) is 0 Å². The molecule has 2 aliphatic rings. The van der Waals surface area contributed by atoms with E-state index in [-0.39, 0.29) is 17.8 Å². The molecule has 1 aromatic carbocycles. The molecule has 35 heavy (non-hydrogen) atoms. The molecule has 10 heteroatoms. The Balaban J connectivity index is 1.12. The number of benzene rings is 1. The molecule has 0 saturated heterocycles. The van der Waals surface area contributed by atoms with Gasteiger partial charge in [0.05, 0.1) is 46.4 Å². The van der Waals surface area contributed by atoms with E-state index >= 15 is 0 Å². The summed E-state index contributed by atoms with van der Waals surface area (Å²) in [7, 11) is 1.71. The van der Waals surface area contributed by atoms with E-state index in [1.54, 1.807) is 40.6 Å². The highest BCUT2D eigenvalue weighted by molar-refractivity contribution is 5.79. The summed E-state index contributed by atoms with van der Waals surface area (Å²) in [6, 6.07) is 11.7. The number of anilines is 2. The van der Waals surface area contributed by atoms with Gasteiger partial charge in [-0.15, -0.1) is 10.2 Å². The normalized spacial score (nSPS) is 19.5. The number of nitrogens with zero attached hydrogens (tertiary/aromatic N) is 7. The summed E-state index contributed by atoms with van der Waals surface area (Å²) in [5.41, 5.74) is 3.47. The molecule has 3 aromatic heterocycles. The van der Waals surface area contributed by atoms with Crippen LogP contribution in [0.2, 0.25) is 0 Å². The molecule has 2 saturated carbocycles. The molecule has 6 rings (SSSR count). The van der Waals surface area contributed by atoms with Crippen LogP contribution in [0.3, 0.4) is 0 Å². The fourth-order valence-corrected chi connectivity index (χ4v) is 4.81. The van der Waals surface area contributed by atoms with Crippen molar-refractivity contribution in [2.24, 2.45) is 7.05 Å². The molecular weight excluding hydrogens is 442 g/mol. The first kappa shape index (κ1) is 21.3. The Bertz CT molecular complexity index is 1480. The number of fused-ring (bicyclic) bond motifs is 1. The Morgan fingerprint density at radius 2 is 1.80 bits per heavy atom. The van der Waals surface area contributed by atoms with Crippen molar-refractivity contribution in [1.82, 2.24) is 29.3 Å². The highest BCUT2D eigenvalue weighted by Crippen LogP contribution is 2.38. The van der Waals surface area contributed by atoms with Crippen LogP contribution >= 0.6 is 0 Å². The van der Waals surface area contributed by atoms with Gasteiger partial charge in [-0.3, -0.25) is 9.13 Å². The number of hydrogen-bond acceptors (Lipinski definition) is 8. The summed E-state index contributed by atoms with van der Waals surface area (Å²) in [4.78, 5) is 21.9. The van der Waals surface area contributed by atoms with Crippen molar-refractivity contribution in [3.05, 3.63) is 64.5 Å². The summed E-state index contributed by atoms with van der Waals surface area (Å²) in [5, 5.41) is 24.6. The van der Waals surface area contributed by atoms with E-state index in [4.69, 9.17) is 0 Å². The number of imidazole rings is 1. The number of nitriles is 1. The zero-order chi connectivity index (χ0) is 23.9. The number of aromatic nitrogens is 6. The van der Waals surface area contributed by atoms with Crippen LogP contribution in [-0.2, 0) is 7.05 Å². The van der Waals surface area contributed by atoms with Gasteiger partial charge in [-0.1, -0.05) is 0 Å². The minimum Gasteiger partial charge on any atom is -0.367 e. The van der Waals surface area contributed by atoms with E-state index in [0.29, 0.717) is 28.6 Å². The molecular formula is C25H25N9O. The number of pyridine rings is 1. The number of hydrogen-bond donors (Lipinski definition) is 2. The Kier molecular flexibility index (Phi) is 5.17. The lowest BCUT2D eigenvalue weighted by Gasteiger charge is -2.15. The second-order valence-corrected chi connectivity index (χ2v) is 9.37. The van der Waals surface area contributed by atoms with Gasteiger partial charge in [0.15, 0.2) is 0 Å². The van der Waals surface area contributed by atoms with Gasteiger partial charge in [0.2, 0.25) is 5.95 Å². The van der Waals surface area contributed by atoms with Gasteiger partial charge in [-0.25, -0.2) is 14.8 Å². The quantitative estimate of drug-likeness (QED) is 0.443. The van der Waals surface area contributed by atoms with Crippen molar-refractivity contribution in [2.75, 3.05) is 10.6 Å². The van der Waals surface area contributed by atoms with E-state index in [2.05, 4.69) is 36.9 Å². The Labute approximate surface area is 201 Å². The van der Waals surface area contributed by atoms with Crippen molar-refractivity contribution in [2.45, 2.75) is 50.1 Å². The van der Waals surface area contributed by atoms with Gasteiger partial charge in [0.25, 0.3) is 0 Å². The number of rotatable bonds is 6. The Morgan fingerprint density at radius 1 is 0.971 bits per heavy atom. The maximum Gasteiger partial charge on any atom is 0.333 e. The van der Waals surface area contributed by atoms with Crippen LogP contribution in [0.1, 0.15) is 49.3 Å². The minimum absolute atomic E-state index is 0.177. The largest absolute Gasteiger partial charge is 0.367 e. The second kappa shape index (κ2) is 8.51. The van der Waals surface area contributed by atoms with E-state index in [1.165, 1.54) is 12.8 Å². The van der Waals surface area contributed by atoms with Gasteiger partial charge in [0.1, 0.15) is 5.82 Å². The lowest BCUT2D eigenvalue weighted by molar-refractivity contribution is 0.710. The highest BCUT2D eigenvalue weighted by Gasteiger charge is 2.27. The third-order valence-corrected chi connectivity index (χ3v) is 6.88. The maximum absolute atomic E-state index is 12.9. The van der Waals surface area contributed by atoms with Gasteiger partial charge in [-0.2, -0.15) is 5.26 Å². The molecule has 10 nitrogen and oxygen atoms in total. The molecule has 0 spiro atoms. The van der Waals surface area contributed by atoms with E-state index in [9.17, 15) is 10.1 Å². The molecule has 2 N–H and O–H groups in total. The summed E-state index contributed by atoms with van der Waals surface area (Å²) in [5.74, 6) is 1.91. The molecule has 2 fully saturated rings. The third kappa shape index (κ3) is 4.10. The first-order valence-electron chi connectivity index (χ1n) is 11.9. The number of nitrogens with one attached hydrogen (secondary N) is 2. The highest BCUT2D eigenvalue weighted by atomic mass is 16.1. The fraction of sp³-hybridized carbons (Fsp3) is 0.360. The Morgan fingerprint density at radius 3 is 2.49 bits per heavy atom. The summed E-state index contributed by atoms with van der Waals surface area (Å²) in [6.07, 6.45) is 8.88.